The fourth-order valence-corrected chi connectivity index (χ4v) is 11.6. The Morgan fingerprint density at radius 2 is 1.71 bits per heavy atom. The Hall–Kier alpha value is 1.16. The molecular formula is C10H18Cl2SiZr. The zero-order valence-electron chi connectivity index (χ0n) is 9.49. The topological polar surface area (TPSA) is 0 Å². The van der Waals surface area contributed by atoms with E-state index in [4.69, 9.17) is 0 Å². The first-order valence-electron chi connectivity index (χ1n) is 4.68. The van der Waals surface area contributed by atoms with Crippen molar-refractivity contribution in [3.63, 3.8) is 0 Å². The standard InChI is InChI=1S/C8H11.C2H7Si.2ClH.Zr/c1-6-4-7(2)8(3)5-6;1-3-2;;;/h4,6H,1-3H3;3H,1-2H3;2*1H;/q;;;;+2/p-2. The predicted octanol–water partition coefficient (Wildman–Crippen LogP) is -3.07. The van der Waals surface area contributed by atoms with Gasteiger partial charge in [-0.15, -0.1) is 0 Å². The zero-order valence-corrected chi connectivity index (χ0v) is 14.6. The minimum absolute atomic E-state index is 0. The van der Waals surface area contributed by atoms with E-state index in [1.54, 1.807) is 11.1 Å². The number of hydrogen-bond donors (Lipinski definition) is 0. The number of hydrogen-bond acceptors (Lipinski definition) is 0. The molecular weight excluding hydrogens is 310 g/mol. The molecule has 4 heteroatoms. The van der Waals surface area contributed by atoms with Crippen LogP contribution >= 0.6 is 0 Å². The van der Waals surface area contributed by atoms with Crippen molar-refractivity contribution in [2.24, 2.45) is 5.92 Å². The van der Waals surface area contributed by atoms with E-state index in [9.17, 15) is 0 Å². The molecule has 1 unspecified atom stereocenters. The molecule has 14 heavy (non-hydrogen) atoms. The van der Waals surface area contributed by atoms with Gasteiger partial charge in [-0.05, 0) is 0 Å². The predicted molar refractivity (Wildman–Crippen MR) is 54.5 cm³/mol. The van der Waals surface area contributed by atoms with Gasteiger partial charge in [0.05, 0.1) is 0 Å². The van der Waals surface area contributed by atoms with Crippen LogP contribution in [0.15, 0.2) is 20.5 Å². The summed E-state index contributed by atoms with van der Waals surface area (Å²) in [6.45, 7) is 12.0. The zero-order chi connectivity index (χ0) is 9.30. The van der Waals surface area contributed by atoms with Gasteiger partial charge in [0.15, 0.2) is 0 Å². The Kier molecular flexibility index (Phi) is 9.32. The van der Waals surface area contributed by atoms with Gasteiger partial charge < -0.3 is 24.8 Å². The molecule has 0 aliphatic heterocycles. The van der Waals surface area contributed by atoms with E-state index in [1.807, 2.05) is 3.28 Å². The summed E-state index contributed by atoms with van der Waals surface area (Å²) in [7, 11) is 0. The van der Waals surface area contributed by atoms with Crippen molar-refractivity contribution >= 4 is 5.92 Å². The van der Waals surface area contributed by atoms with E-state index < -0.39 is 0 Å². The van der Waals surface area contributed by atoms with Gasteiger partial charge in [0, 0.05) is 0 Å². The van der Waals surface area contributed by atoms with Gasteiger partial charge in [0.25, 0.3) is 0 Å². The molecule has 0 aromatic heterocycles. The average molecular weight is 328 g/mol. The third-order valence-electron chi connectivity index (χ3n) is 2.40. The quantitative estimate of drug-likeness (QED) is 0.472. The van der Waals surface area contributed by atoms with Crippen LogP contribution < -0.4 is 24.8 Å². The summed E-state index contributed by atoms with van der Waals surface area (Å²) in [5, 5.41) is 0. The van der Waals surface area contributed by atoms with E-state index in [1.165, 1.54) is 0 Å². The van der Waals surface area contributed by atoms with E-state index in [-0.39, 0.29) is 53.1 Å². The normalized spacial score (nSPS) is 19.9. The minimum Gasteiger partial charge on any atom is -1.00 e. The van der Waals surface area contributed by atoms with Crippen LogP contribution in [-0.2, 0) is 22.4 Å². The Labute approximate surface area is 113 Å². The molecule has 0 aromatic carbocycles. The third kappa shape index (κ3) is 4.35. The molecule has 1 rings (SSSR count). The summed E-state index contributed by atoms with van der Waals surface area (Å²) in [5.41, 5.74) is 3.20. The Bertz CT molecular complexity index is 247. The van der Waals surface area contributed by atoms with Crippen LogP contribution in [0.25, 0.3) is 0 Å². The van der Waals surface area contributed by atoms with Crippen LogP contribution in [0.2, 0.25) is 13.1 Å². The summed E-state index contributed by atoms with van der Waals surface area (Å²) in [4.78, 5) is 0. The van der Waals surface area contributed by atoms with E-state index in [2.05, 4.69) is 39.9 Å². The second kappa shape index (κ2) is 7.44. The van der Waals surface area contributed by atoms with E-state index in [0.717, 1.165) is 5.92 Å². The Balaban J connectivity index is 0. The molecule has 0 spiro atoms. The summed E-state index contributed by atoms with van der Waals surface area (Å²) in [5.74, 6) is 0.549. The monoisotopic (exact) mass is 326 g/mol. The van der Waals surface area contributed by atoms with Crippen molar-refractivity contribution in [1.29, 1.82) is 0 Å². The molecule has 0 heterocycles. The van der Waals surface area contributed by atoms with Crippen LogP contribution in [0.4, 0.5) is 0 Å². The third-order valence-corrected chi connectivity index (χ3v) is 11.9. The van der Waals surface area contributed by atoms with Gasteiger partial charge in [-0.25, -0.2) is 0 Å². The average Bonchev–Trinajstić information content (AvgIpc) is 2.16. The Morgan fingerprint density at radius 3 is 2.00 bits per heavy atom. The first kappa shape index (κ1) is 17.6. The molecule has 0 saturated heterocycles. The van der Waals surface area contributed by atoms with Crippen molar-refractivity contribution in [2.45, 2.75) is 33.9 Å². The van der Waals surface area contributed by atoms with Crippen LogP contribution in [-0.4, -0.2) is 5.92 Å². The van der Waals surface area contributed by atoms with Gasteiger partial charge >= 0.3 is 88.6 Å². The van der Waals surface area contributed by atoms with Crippen LogP contribution in [0.5, 0.6) is 0 Å². The van der Waals surface area contributed by atoms with Crippen molar-refractivity contribution in [1.82, 2.24) is 0 Å². The Morgan fingerprint density at radius 1 is 1.21 bits per heavy atom. The van der Waals surface area contributed by atoms with Gasteiger partial charge in [0.1, 0.15) is 0 Å². The molecule has 1 atom stereocenters. The van der Waals surface area contributed by atoms with E-state index >= 15 is 0 Å². The van der Waals surface area contributed by atoms with Gasteiger partial charge in [0.2, 0.25) is 0 Å². The van der Waals surface area contributed by atoms with Crippen molar-refractivity contribution in [3.05, 3.63) is 20.5 Å². The molecule has 0 radical (unpaired) electrons. The first-order chi connectivity index (χ1) is 5.52. The number of halogens is 2. The van der Waals surface area contributed by atoms with Crippen LogP contribution in [0, 0.1) is 5.92 Å². The second-order valence-corrected chi connectivity index (χ2v) is 18.5. The van der Waals surface area contributed by atoms with Crippen LogP contribution in [0.1, 0.15) is 20.8 Å². The summed E-state index contributed by atoms with van der Waals surface area (Å²) < 4.78 is 1.89. The number of rotatable bonds is 2. The summed E-state index contributed by atoms with van der Waals surface area (Å²) in [6.07, 6.45) is 2.45. The molecule has 80 valence electrons. The largest absolute Gasteiger partial charge is 1.00 e. The maximum absolute atomic E-state index is 2.51. The van der Waals surface area contributed by atoms with E-state index in [0.29, 0.717) is 0 Å². The molecule has 0 bridgehead atoms. The van der Waals surface area contributed by atoms with Crippen LogP contribution in [0.3, 0.4) is 0 Å². The molecule has 0 N–H and O–H groups in total. The number of allylic oxidation sites excluding steroid dienone is 4. The van der Waals surface area contributed by atoms with Gasteiger partial charge in [-0.1, -0.05) is 0 Å². The molecule has 1 aliphatic rings. The smallest absolute Gasteiger partial charge is 1.00 e. The molecule has 0 amide bonds. The minimum atomic E-state index is -0.249. The van der Waals surface area contributed by atoms with Gasteiger partial charge in [-0.3, -0.25) is 0 Å². The molecule has 0 nitrogen and oxygen atoms in total. The fourth-order valence-electron chi connectivity index (χ4n) is 1.69. The molecule has 1 aliphatic carbocycles. The summed E-state index contributed by atoms with van der Waals surface area (Å²) in [6, 6.07) is 0. The van der Waals surface area contributed by atoms with Crippen molar-refractivity contribution in [2.75, 3.05) is 0 Å². The maximum Gasteiger partial charge on any atom is -1.00 e. The summed E-state index contributed by atoms with van der Waals surface area (Å²) >= 11 is -0.116. The van der Waals surface area contributed by atoms with Crippen molar-refractivity contribution in [3.8, 4) is 0 Å². The molecule has 0 aromatic rings. The SMILES string of the molecule is CC1=CC(C)[C]([Zr+2][SiH](C)C)=C1C.[Cl-].[Cl-]. The fraction of sp³-hybridized carbons (Fsp3) is 0.600. The van der Waals surface area contributed by atoms with Crippen molar-refractivity contribution < 1.29 is 47.2 Å². The van der Waals surface area contributed by atoms with Gasteiger partial charge in [-0.2, -0.15) is 0 Å². The maximum atomic E-state index is 2.51. The first-order valence-corrected chi connectivity index (χ1v) is 13.1. The molecule has 0 fully saturated rings. The molecule has 0 saturated carbocycles. The second-order valence-electron chi connectivity index (χ2n) is 3.98.